The number of amides is 2. The van der Waals surface area contributed by atoms with E-state index in [1.165, 1.54) is 0 Å². The van der Waals surface area contributed by atoms with E-state index in [9.17, 15) is 9.59 Å². The lowest BCUT2D eigenvalue weighted by Crippen LogP contribution is -2.43. The van der Waals surface area contributed by atoms with E-state index in [2.05, 4.69) is 15.5 Å². The van der Waals surface area contributed by atoms with Crippen LogP contribution in [0.4, 0.5) is 0 Å². The summed E-state index contributed by atoms with van der Waals surface area (Å²) in [7, 11) is 1.65. The number of rotatable bonds is 10. The van der Waals surface area contributed by atoms with E-state index in [4.69, 9.17) is 9.47 Å². The SMILES string of the molecule is COc1ccc(C(CC(=O)NCC(=O)NCCN2CCOCC2)C2CC2)cc1. The molecule has 0 aromatic heterocycles. The molecule has 2 amide bonds. The second-order valence-corrected chi connectivity index (χ2v) is 7.50. The summed E-state index contributed by atoms with van der Waals surface area (Å²) in [5, 5.41) is 5.64. The number of hydrogen-bond donors (Lipinski definition) is 2. The van der Waals surface area contributed by atoms with Gasteiger partial charge in [0.15, 0.2) is 0 Å². The van der Waals surface area contributed by atoms with Gasteiger partial charge < -0.3 is 20.1 Å². The first-order valence-corrected chi connectivity index (χ1v) is 10.1. The Hall–Kier alpha value is -2.12. The van der Waals surface area contributed by atoms with Gasteiger partial charge >= 0.3 is 0 Å². The van der Waals surface area contributed by atoms with Gasteiger partial charge in [-0.15, -0.1) is 0 Å². The summed E-state index contributed by atoms with van der Waals surface area (Å²) >= 11 is 0. The number of methoxy groups -OCH3 is 1. The van der Waals surface area contributed by atoms with E-state index in [0.717, 1.165) is 57.0 Å². The quantitative estimate of drug-likeness (QED) is 0.627. The molecular weight excluding hydrogens is 358 g/mol. The molecular formula is C21H31N3O4. The second-order valence-electron chi connectivity index (χ2n) is 7.50. The predicted octanol–water partition coefficient (Wildman–Crippen LogP) is 1.14. The summed E-state index contributed by atoms with van der Waals surface area (Å²) in [5.74, 6) is 1.36. The van der Waals surface area contributed by atoms with Crippen molar-refractivity contribution in [3.05, 3.63) is 29.8 Å². The van der Waals surface area contributed by atoms with Crippen LogP contribution in [-0.4, -0.2) is 69.8 Å². The highest BCUT2D eigenvalue weighted by Crippen LogP contribution is 2.44. The Morgan fingerprint density at radius 3 is 2.50 bits per heavy atom. The Labute approximate surface area is 166 Å². The van der Waals surface area contributed by atoms with E-state index in [1.807, 2.05) is 24.3 Å². The Kier molecular flexibility index (Phi) is 7.68. The van der Waals surface area contributed by atoms with Gasteiger partial charge in [-0.3, -0.25) is 14.5 Å². The van der Waals surface area contributed by atoms with Crippen LogP contribution in [0.25, 0.3) is 0 Å². The molecule has 2 fully saturated rings. The topological polar surface area (TPSA) is 79.9 Å². The molecule has 1 aromatic rings. The zero-order valence-electron chi connectivity index (χ0n) is 16.6. The van der Waals surface area contributed by atoms with Gasteiger partial charge in [0.2, 0.25) is 11.8 Å². The van der Waals surface area contributed by atoms with Gasteiger partial charge in [0.05, 0.1) is 26.9 Å². The largest absolute Gasteiger partial charge is 0.497 e. The van der Waals surface area contributed by atoms with E-state index in [1.54, 1.807) is 7.11 Å². The summed E-state index contributed by atoms with van der Waals surface area (Å²) in [4.78, 5) is 26.6. The molecule has 0 radical (unpaired) electrons. The molecule has 1 saturated carbocycles. The summed E-state index contributed by atoms with van der Waals surface area (Å²) in [5.41, 5.74) is 1.16. The van der Waals surface area contributed by atoms with Crippen LogP contribution in [0.15, 0.2) is 24.3 Å². The number of ether oxygens (including phenoxy) is 2. The summed E-state index contributed by atoms with van der Waals surface area (Å²) in [6.07, 6.45) is 2.73. The molecule has 2 aliphatic rings. The van der Waals surface area contributed by atoms with Gasteiger partial charge in [-0.1, -0.05) is 12.1 Å². The Balaban J connectivity index is 1.37. The van der Waals surface area contributed by atoms with Gasteiger partial charge in [0, 0.05) is 32.6 Å². The number of carbonyl (C=O) groups is 2. The van der Waals surface area contributed by atoms with E-state index >= 15 is 0 Å². The first kappa shape index (κ1) is 20.6. The molecule has 154 valence electrons. The van der Waals surface area contributed by atoms with Crippen LogP contribution in [-0.2, 0) is 14.3 Å². The minimum Gasteiger partial charge on any atom is -0.497 e. The van der Waals surface area contributed by atoms with Crippen LogP contribution >= 0.6 is 0 Å². The fourth-order valence-corrected chi connectivity index (χ4v) is 3.60. The third kappa shape index (κ3) is 6.49. The summed E-state index contributed by atoms with van der Waals surface area (Å²) in [6.45, 7) is 4.74. The van der Waals surface area contributed by atoms with Crippen LogP contribution < -0.4 is 15.4 Å². The smallest absolute Gasteiger partial charge is 0.239 e. The monoisotopic (exact) mass is 389 g/mol. The predicted molar refractivity (Wildman–Crippen MR) is 106 cm³/mol. The minimum atomic E-state index is -0.144. The fourth-order valence-electron chi connectivity index (χ4n) is 3.60. The van der Waals surface area contributed by atoms with Crippen LogP contribution in [0.3, 0.4) is 0 Å². The molecule has 1 unspecified atom stereocenters. The normalized spacial score (nSPS) is 18.3. The molecule has 1 aromatic carbocycles. The number of benzene rings is 1. The van der Waals surface area contributed by atoms with Gasteiger partial charge in [-0.25, -0.2) is 0 Å². The zero-order valence-corrected chi connectivity index (χ0v) is 16.6. The van der Waals surface area contributed by atoms with Crippen molar-refractivity contribution in [1.82, 2.24) is 15.5 Å². The van der Waals surface area contributed by atoms with Crippen LogP contribution in [0, 0.1) is 5.92 Å². The number of nitrogens with zero attached hydrogens (tertiary/aromatic N) is 1. The summed E-state index contributed by atoms with van der Waals surface area (Å²) in [6, 6.07) is 7.94. The minimum absolute atomic E-state index is 0.0297. The molecule has 3 rings (SSSR count). The first-order chi connectivity index (χ1) is 13.7. The Bertz CT molecular complexity index is 640. The third-order valence-electron chi connectivity index (χ3n) is 5.44. The maximum absolute atomic E-state index is 12.4. The molecule has 1 aliphatic heterocycles. The van der Waals surface area contributed by atoms with Gasteiger partial charge in [-0.2, -0.15) is 0 Å². The van der Waals surface area contributed by atoms with Crippen molar-refractivity contribution in [2.24, 2.45) is 5.92 Å². The van der Waals surface area contributed by atoms with Crippen molar-refractivity contribution in [2.75, 3.05) is 53.0 Å². The molecule has 7 nitrogen and oxygen atoms in total. The van der Waals surface area contributed by atoms with Crippen molar-refractivity contribution in [2.45, 2.75) is 25.2 Å². The van der Waals surface area contributed by atoms with Gasteiger partial charge in [0.25, 0.3) is 0 Å². The number of carbonyl (C=O) groups excluding carboxylic acids is 2. The molecule has 1 atom stereocenters. The Morgan fingerprint density at radius 1 is 1.14 bits per heavy atom. The molecule has 28 heavy (non-hydrogen) atoms. The lowest BCUT2D eigenvalue weighted by atomic mass is 9.90. The average molecular weight is 389 g/mol. The molecule has 0 spiro atoms. The van der Waals surface area contributed by atoms with E-state index in [0.29, 0.717) is 18.9 Å². The van der Waals surface area contributed by atoms with Crippen LogP contribution in [0.1, 0.15) is 30.7 Å². The molecule has 7 heteroatoms. The highest BCUT2D eigenvalue weighted by atomic mass is 16.5. The molecule has 1 saturated heterocycles. The number of morpholine rings is 1. The lowest BCUT2D eigenvalue weighted by molar-refractivity contribution is -0.126. The van der Waals surface area contributed by atoms with Crippen molar-refractivity contribution in [3.63, 3.8) is 0 Å². The highest BCUT2D eigenvalue weighted by Gasteiger charge is 2.33. The average Bonchev–Trinajstić information content (AvgIpc) is 3.57. The third-order valence-corrected chi connectivity index (χ3v) is 5.44. The van der Waals surface area contributed by atoms with Crippen molar-refractivity contribution >= 4 is 11.8 Å². The van der Waals surface area contributed by atoms with Gasteiger partial charge in [0.1, 0.15) is 5.75 Å². The maximum atomic E-state index is 12.4. The van der Waals surface area contributed by atoms with Crippen molar-refractivity contribution in [1.29, 1.82) is 0 Å². The van der Waals surface area contributed by atoms with E-state index < -0.39 is 0 Å². The first-order valence-electron chi connectivity index (χ1n) is 10.1. The molecule has 2 N–H and O–H groups in total. The molecule has 1 aliphatic carbocycles. The highest BCUT2D eigenvalue weighted by molar-refractivity contribution is 5.85. The van der Waals surface area contributed by atoms with Crippen molar-refractivity contribution in [3.8, 4) is 5.75 Å². The van der Waals surface area contributed by atoms with Crippen molar-refractivity contribution < 1.29 is 19.1 Å². The van der Waals surface area contributed by atoms with Crippen LogP contribution in [0.2, 0.25) is 0 Å². The standard InChI is InChI=1S/C21H31N3O4/c1-27-18-6-4-17(5-7-18)19(16-2-3-16)14-20(25)23-15-21(26)22-8-9-24-10-12-28-13-11-24/h4-7,16,19H,2-3,8-15H2,1H3,(H,22,26)(H,23,25). The maximum Gasteiger partial charge on any atom is 0.239 e. The summed E-state index contributed by atoms with van der Waals surface area (Å²) < 4.78 is 10.5. The molecule has 1 heterocycles. The van der Waals surface area contributed by atoms with Crippen LogP contribution in [0.5, 0.6) is 5.75 Å². The fraction of sp³-hybridized carbons (Fsp3) is 0.619. The number of nitrogens with one attached hydrogen (secondary N) is 2. The molecule has 0 bridgehead atoms. The second kappa shape index (κ2) is 10.4. The zero-order chi connectivity index (χ0) is 19.8. The Morgan fingerprint density at radius 2 is 1.86 bits per heavy atom. The number of hydrogen-bond acceptors (Lipinski definition) is 5. The lowest BCUT2D eigenvalue weighted by Gasteiger charge is -2.26. The van der Waals surface area contributed by atoms with Gasteiger partial charge in [-0.05, 0) is 42.4 Å². The van der Waals surface area contributed by atoms with E-state index in [-0.39, 0.29) is 24.3 Å².